The van der Waals surface area contributed by atoms with Crippen LogP contribution in [-0.4, -0.2) is 25.5 Å². The predicted molar refractivity (Wildman–Crippen MR) is 81.3 cm³/mol. The Labute approximate surface area is 128 Å². The van der Waals surface area contributed by atoms with Crippen LogP contribution in [0, 0.1) is 0 Å². The summed E-state index contributed by atoms with van der Waals surface area (Å²) in [5.41, 5.74) is -0.890. The lowest BCUT2D eigenvalue weighted by atomic mass is 10.1. The Morgan fingerprint density at radius 1 is 0.826 bits per heavy atom. The Balaban J connectivity index is 0.00000192. The molecule has 0 saturated heterocycles. The third kappa shape index (κ3) is 2.47. The van der Waals surface area contributed by atoms with Gasteiger partial charge in [-0.3, -0.25) is 4.79 Å². The Kier molecular flexibility index (Phi) is 3.77. The molecule has 0 amide bonds. The molecule has 23 heavy (non-hydrogen) atoms. The third-order valence-electron chi connectivity index (χ3n) is 3.17. The van der Waals surface area contributed by atoms with Crippen molar-refractivity contribution in [2.75, 3.05) is 0 Å². The molecule has 120 valence electrons. The molecule has 0 radical (unpaired) electrons. The van der Waals surface area contributed by atoms with Gasteiger partial charge in [0, 0.05) is 17.7 Å². The van der Waals surface area contributed by atoms with E-state index in [4.69, 9.17) is 4.42 Å². The van der Waals surface area contributed by atoms with Gasteiger partial charge < -0.3 is 36.1 Å². The number of hydrogen-bond donors (Lipinski definition) is 6. The quantitative estimate of drug-likeness (QED) is 0.371. The molecule has 0 aliphatic carbocycles. The molecule has 1 aromatic heterocycles. The minimum absolute atomic E-state index is 0. The second kappa shape index (κ2) is 5.43. The van der Waals surface area contributed by atoms with E-state index in [0.717, 1.165) is 24.3 Å². The first kappa shape index (κ1) is 16.0. The molecule has 1 heterocycles. The van der Waals surface area contributed by atoms with E-state index in [0.29, 0.717) is 0 Å². The molecule has 0 bridgehead atoms. The number of hydrogen-bond acceptors (Lipinski definition) is 8. The summed E-state index contributed by atoms with van der Waals surface area (Å²) in [5.74, 6) is -2.71. The average molecular weight is 319 g/mol. The van der Waals surface area contributed by atoms with E-state index >= 15 is 0 Å². The van der Waals surface area contributed by atoms with Crippen LogP contribution in [0.1, 0.15) is 0 Å². The highest BCUT2D eigenvalue weighted by Crippen LogP contribution is 2.37. The summed E-state index contributed by atoms with van der Waals surface area (Å²) in [6, 6.07) is 5.64. The van der Waals surface area contributed by atoms with E-state index in [9.17, 15) is 30.3 Å². The van der Waals surface area contributed by atoms with Crippen LogP contribution in [-0.2, 0) is 0 Å². The molecule has 0 aliphatic heterocycles. The van der Waals surface area contributed by atoms with E-state index in [-0.39, 0.29) is 39.9 Å². The number of rotatable bonds is 1. The Hall–Kier alpha value is -3.39. The van der Waals surface area contributed by atoms with Crippen LogP contribution >= 0.6 is 0 Å². The average Bonchev–Trinajstić information content (AvgIpc) is 2.45. The van der Waals surface area contributed by atoms with Gasteiger partial charge in [0.2, 0.25) is 11.2 Å². The van der Waals surface area contributed by atoms with Crippen molar-refractivity contribution in [3.63, 3.8) is 0 Å². The highest BCUT2D eigenvalue weighted by Gasteiger charge is 2.19. The van der Waals surface area contributed by atoms with Gasteiger partial charge in [0.1, 0.15) is 22.5 Å². The van der Waals surface area contributed by atoms with Crippen molar-refractivity contribution in [2.45, 2.75) is 0 Å². The minimum Gasteiger partial charge on any atom is -0.508 e. The molecular formula is C15H13NO7. The second-order valence-corrected chi connectivity index (χ2v) is 4.65. The van der Waals surface area contributed by atoms with Crippen LogP contribution in [0.3, 0.4) is 0 Å². The zero-order chi connectivity index (χ0) is 16.0. The maximum absolute atomic E-state index is 12.1. The lowest BCUT2D eigenvalue weighted by molar-refractivity contribution is 0.403. The SMILES string of the molecule is N.O=c1c(O)c(-c2ccc(O)c(O)c2)oc2cc(O)cc(O)c12. The molecule has 0 fully saturated rings. The summed E-state index contributed by atoms with van der Waals surface area (Å²) < 4.78 is 5.35. The van der Waals surface area contributed by atoms with E-state index in [2.05, 4.69) is 0 Å². The van der Waals surface area contributed by atoms with Gasteiger partial charge in [-0.2, -0.15) is 0 Å². The first-order chi connectivity index (χ1) is 10.4. The van der Waals surface area contributed by atoms with Crippen LogP contribution in [0.15, 0.2) is 39.5 Å². The fraction of sp³-hybridized carbons (Fsp3) is 0. The van der Waals surface area contributed by atoms with Crippen LogP contribution in [0.2, 0.25) is 0 Å². The third-order valence-corrected chi connectivity index (χ3v) is 3.17. The van der Waals surface area contributed by atoms with Gasteiger partial charge in [-0.05, 0) is 18.2 Å². The molecule has 8 heteroatoms. The first-order valence-electron chi connectivity index (χ1n) is 6.12. The lowest BCUT2D eigenvalue weighted by Gasteiger charge is -2.08. The molecule has 0 atom stereocenters. The standard InChI is InChI=1S/C15H10O7.H3N/c16-7-4-10(19)12-11(5-7)22-15(14(21)13(12)20)6-1-2-8(17)9(18)3-6;/h1-5,16-19,21H;1H3. The molecule has 8 nitrogen and oxygen atoms in total. The normalized spacial score (nSPS) is 10.4. The zero-order valence-corrected chi connectivity index (χ0v) is 11.6. The summed E-state index contributed by atoms with van der Waals surface area (Å²) >= 11 is 0. The van der Waals surface area contributed by atoms with Gasteiger partial charge in [0.25, 0.3) is 0 Å². The van der Waals surface area contributed by atoms with Gasteiger partial charge in [0.05, 0.1) is 0 Å². The van der Waals surface area contributed by atoms with E-state index < -0.39 is 22.7 Å². The lowest BCUT2D eigenvalue weighted by Crippen LogP contribution is -2.02. The Morgan fingerprint density at radius 2 is 1.52 bits per heavy atom. The number of fused-ring (bicyclic) bond motifs is 1. The van der Waals surface area contributed by atoms with Gasteiger partial charge in [0.15, 0.2) is 17.3 Å². The number of benzene rings is 2. The summed E-state index contributed by atoms with van der Waals surface area (Å²) in [6.45, 7) is 0. The summed E-state index contributed by atoms with van der Waals surface area (Å²) in [6.07, 6.45) is 0. The van der Waals surface area contributed by atoms with Crippen LogP contribution in [0.4, 0.5) is 0 Å². The molecule has 0 saturated carbocycles. The van der Waals surface area contributed by atoms with Crippen molar-refractivity contribution < 1.29 is 29.9 Å². The van der Waals surface area contributed by atoms with Gasteiger partial charge in [-0.1, -0.05) is 0 Å². The van der Waals surface area contributed by atoms with E-state index in [1.165, 1.54) is 6.07 Å². The second-order valence-electron chi connectivity index (χ2n) is 4.65. The molecule has 3 aromatic rings. The highest BCUT2D eigenvalue weighted by molar-refractivity contribution is 5.88. The van der Waals surface area contributed by atoms with Crippen LogP contribution in [0.5, 0.6) is 28.7 Å². The predicted octanol–water partition coefficient (Wildman–Crippen LogP) is 2.15. The van der Waals surface area contributed by atoms with Crippen molar-refractivity contribution >= 4 is 11.0 Å². The number of aromatic hydroxyl groups is 5. The highest BCUT2D eigenvalue weighted by atomic mass is 16.4. The van der Waals surface area contributed by atoms with Crippen molar-refractivity contribution in [3.05, 3.63) is 40.6 Å². The van der Waals surface area contributed by atoms with Crippen molar-refractivity contribution in [3.8, 4) is 40.1 Å². The molecule has 3 rings (SSSR count). The smallest absolute Gasteiger partial charge is 0.238 e. The Morgan fingerprint density at radius 3 is 2.17 bits per heavy atom. The number of phenolic OH excluding ortho intramolecular Hbond substituents is 4. The molecule has 0 spiro atoms. The largest absolute Gasteiger partial charge is 0.508 e. The molecule has 0 aliphatic rings. The van der Waals surface area contributed by atoms with Gasteiger partial charge >= 0.3 is 0 Å². The van der Waals surface area contributed by atoms with Crippen LogP contribution < -0.4 is 11.6 Å². The van der Waals surface area contributed by atoms with Crippen molar-refractivity contribution in [1.29, 1.82) is 0 Å². The van der Waals surface area contributed by atoms with Crippen LogP contribution in [0.25, 0.3) is 22.3 Å². The van der Waals surface area contributed by atoms with E-state index in [1.807, 2.05) is 0 Å². The maximum atomic E-state index is 12.1. The van der Waals surface area contributed by atoms with E-state index in [1.54, 1.807) is 0 Å². The topological polar surface area (TPSA) is 166 Å². The molecule has 0 unspecified atom stereocenters. The zero-order valence-electron chi connectivity index (χ0n) is 11.6. The first-order valence-corrected chi connectivity index (χ1v) is 6.12. The number of phenols is 4. The monoisotopic (exact) mass is 319 g/mol. The molecular weight excluding hydrogens is 306 g/mol. The van der Waals surface area contributed by atoms with Crippen molar-refractivity contribution in [2.24, 2.45) is 0 Å². The fourth-order valence-electron chi connectivity index (χ4n) is 2.14. The molecule has 2 aromatic carbocycles. The summed E-state index contributed by atoms with van der Waals surface area (Å²) in [4.78, 5) is 12.1. The summed E-state index contributed by atoms with van der Waals surface area (Å²) in [5, 5.41) is 47.6. The van der Waals surface area contributed by atoms with Crippen molar-refractivity contribution in [1.82, 2.24) is 6.15 Å². The van der Waals surface area contributed by atoms with Gasteiger partial charge in [-0.15, -0.1) is 0 Å². The maximum Gasteiger partial charge on any atom is 0.238 e. The minimum atomic E-state index is -0.888. The molecule has 8 N–H and O–H groups in total. The summed E-state index contributed by atoms with van der Waals surface area (Å²) in [7, 11) is 0. The fourth-order valence-corrected chi connectivity index (χ4v) is 2.14. The Bertz CT molecular complexity index is 962. The van der Waals surface area contributed by atoms with Gasteiger partial charge in [-0.25, -0.2) is 0 Å².